The van der Waals surface area contributed by atoms with Gasteiger partial charge in [-0.05, 0) is 25.8 Å². The Labute approximate surface area is 119 Å². The quantitative estimate of drug-likeness (QED) is 0.876. The Morgan fingerprint density at radius 1 is 1.25 bits per heavy atom. The smallest absolute Gasteiger partial charge is 0.226 e. The first kappa shape index (κ1) is 14.3. The van der Waals surface area contributed by atoms with Crippen molar-refractivity contribution in [3.05, 3.63) is 35.9 Å². The van der Waals surface area contributed by atoms with E-state index in [0.717, 1.165) is 12.0 Å². The average Bonchev–Trinajstić information content (AvgIpc) is 2.38. The van der Waals surface area contributed by atoms with Crippen LogP contribution in [-0.2, 0) is 4.84 Å². The number of hydroxylamine groups is 2. The lowest BCUT2D eigenvalue weighted by atomic mass is 10.1. The highest BCUT2D eigenvalue weighted by Gasteiger charge is 2.34. The van der Waals surface area contributed by atoms with Crippen LogP contribution in [0.4, 0.5) is 0 Å². The van der Waals surface area contributed by atoms with Crippen LogP contribution in [0.25, 0.3) is 0 Å². The third kappa shape index (κ3) is 2.91. The van der Waals surface area contributed by atoms with Gasteiger partial charge < -0.3 is 11.5 Å². The zero-order valence-corrected chi connectivity index (χ0v) is 12.1. The number of guanidine groups is 2. The van der Waals surface area contributed by atoms with Gasteiger partial charge in [-0.25, -0.2) is 4.99 Å². The number of hydrogen-bond donors (Lipinski definition) is 2. The largest absolute Gasteiger partial charge is 0.368 e. The Bertz CT molecular complexity index is 524. The summed E-state index contributed by atoms with van der Waals surface area (Å²) in [5.41, 5.74) is 12.0. The molecule has 1 aliphatic heterocycles. The highest BCUT2D eigenvalue weighted by Crippen LogP contribution is 2.28. The molecule has 0 fully saturated rings. The lowest BCUT2D eigenvalue weighted by Gasteiger charge is -2.39. The second-order valence-corrected chi connectivity index (χ2v) is 5.14. The van der Waals surface area contributed by atoms with Crippen LogP contribution < -0.4 is 11.5 Å². The predicted octanol–water partition coefficient (Wildman–Crippen LogP) is 1.75. The van der Waals surface area contributed by atoms with Gasteiger partial charge in [0, 0.05) is 0 Å². The fourth-order valence-electron chi connectivity index (χ4n) is 2.14. The van der Waals surface area contributed by atoms with Crippen LogP contribution in [-0.4, -0.2) is 22.6 Å². The lowest BCUT2D eigenvalue weighted by Crippen LogP contribution is -2.54. The van der Waals surface area contributed by atoms with Crippen molar-refractivity contribution in [1.29, 1.82) is 0 Å². The van der Waals surface area contributed by atoms with Gasteiger partial charge in [-0.3, -0.25) is 4.84 Å². The van der Waals surface area contributed by atoms with Crippen molar-refractivity contribution in [3.8, 4) is 0 Å². The number of aliphatic imine (C=N–C) groups is 2. The Kier molecular flexibility index (Phi) is 3.94. The summed E-state index contributed by atoms with van der Waals surface area (Å²) >= 11 is 0. The molecule has 1 heterocycles. The summed E-state index contributed by atoms with van der Waals surface area (Å²) in [6.45, 7) is 5.80. The van der Waals surface area contributed by atoms with Crippen LogP contribution in [0.5, 0.6) is 0 Å². The van der Waals surface area contributed by atoms with E-state index in [0.29, 0.717) is 0 Å². The van der Waals surface area contributed by atoms with Crippen LogP contribution in [0.15, 0.2) is 40.3 Å². The summed E-state index contributed by atoms with van der Waals surface area (Å²) in [6.07, 6.45) is 0.696. The van der Waals surface area contributed by atoms with E-state index in [1.54, 1.807) is 0 Å². The minimum atomic E-state index is -0.682. The normalized spacial score (nSPS) is 19.2. The molecule has 0 amide bonds. The molecule has 0 bridgehead atoms. The van der Waals surface area contributed by atoms with E-state index in [1.807, 2.05) is 44.2 Å². The third-order valence-corrected chi connectivity index (χ3v) is 3.10. The van der Waals surface area contributed by atoms with Gasteiger partial charge >= 0.3 is 0 Å². The zero-order valence-electron chi connectivity index (χ0n) is 12.1. The standard InChI is InChI=1S/C14H21N5O/c1-4-11(10-8-6-5-7-9-10)20-19-13(16)17-12(15)18-14(19,2)3/h5-9,11H,4H2,1-3H3,(H4,15,16,17,18). The van der Waals surface area contributed by atoms with Crippen LogP contribution in [0.3, 0.4) is 0 Å². The summed E-state index contributed by atoms with van der Waals surface area (Å²) < 4.78 is 0. The van der Waals surface area contributed by atoms with Crippen LogP contribution >= 0.6 is 0 Å². The van der Waals surface area contributed by atoms with Crippen molar-refractivity contribution >= 4 is 11.9 Å². The summed E-state index contributed by atoms with van der Waals surface area (Å²) in [4.78, 5) is 14.2. The van der Waals surface area contributed by atoms with Crippen LogP contribution in [0.2, 0.25) is 0 Å². The van der Waals surface area contributed by atoms with Gasteiger partial charge in [-0.1, -0.05) is 37.3 Å². The summed E-state index contributed by atoms with van der Waals surface area (Å²) in [5.74, 6) is 0.386. The predicted molar refractivity (Wildman–Crippen MR) is 79.7 cm³/mol. The van der Waals surface area contributed by atoms with Crippen LogP contribution in [0, 0.1) is 0 Å². The van der Waals surface area contributed by atoms with Gasteiger partial charge in [-0.2, -0.15) is 10.1 Å². The second kappa shape index (κ2) is 5.50. The number of benzene rings is 1. The van der Waals surface area contributed by atoms with Crippen molar-refractivity contribution in [2.24, 2.45) is 21.5 Å². The molecule has 0 saturated heterocycles. The van der Waals surface area contributed by atoms with Gasteiger partial charge in [0.25, 0.3) is 0 Å². The van der Waals surface area contributed by atoms with Crippen molar-refractivity contribution < 1.29 is 4.84 Å². The Hall–Kier alpha value is -2.08. The molecule has 0 spiro atoms. The minimum absolute atomic E-state index is 0.112. The molecule has 1 atom stereocenters. The maximum absolute atomic E-state index is 6.02. The Morgan fingerprint density at radius 2 is 1.90 bits per heavy atom. The third-order valence-electron chi connectivity index (χ3n) is 3.10. The van der Waals surface area contributed by atoms with Crippen molar-refractivity contribution in [3.63, 3.8) is 0 Å². The molecule has 20 heavy (non-hydrogen) atoms. The van der Waals surface area contributed by atoms with Gasteiger partial charge in [0.15, 0.2) is 5.66 Å². The van der Waals surface area contributed by atoms with Gasteiger partial charge in [0.05, 0.1) is 0 Å². The highest BCUT2D eigenvalue weighted by molar-refractivity contribution is 5.95. The molecule has 6 heteroatoms. The number of rotatable bonds is 4. The summed E-state index contributed by atoms with van der Waals surface area (Å²) in [5, 5.41) is 1.52. The molecule has 0 aromatic heterocycles. The molecule has 0 saturated carbocycles. The van der Waals surface area contributed by atoms with E-state index in [2.05, 4.69) is 16.9 Å². The van der Waals surface area contributed by atoms with Gasteiger partial charge in [0.2, 0.25) is 11.9 Å². The Morgan fingerprint density at radius 3 is 2.45 bits per heavy atom. The SMILES string of the molecule is CCC(ON1C(N)=NC(N)=NC1(C)C)c1ccccc1. The van der Waals surface area contributed by atoms with E-state index in [9.17, 15) is 0 Å². The van der Waals surface area contributed by atoms with Crippen LogP contribution in [0.1, 0.15) is 38.9 Å². The lowest BCUT2D eigenvalue weighted by molar-refractivity contribution is -0.197. The van der Waals surface area contributed by atoms with E-state index in [4.69, 9.17) is 16.3 Å². The molecule has 6 nitrogen and oxygen atoms in total. The first-order chi connectivity index (χ1) is 9.44. The molecule has 1 unspecified atom stereocenters. The number of hydrogen-bond acceptors (Lipinski definition) is 6. The van der Waals surface area contributed by atoms with E-state index in [1.165, 1.54) is 5.06 Å². The first-order valence-electron chi connectivity index (χ1n) is 6.65. The molecule has 1 aliphatic rings. The van der Waals surface area contributed by atoms with Crippen molar-refractivity contribution in [2.45, 2.75) is 39.0 Å². The number of nitrogens with zero attached hydrogens (tertiary/aromatic N) is 3. The van der Waals surface area contributed by atoms with Crippen molar-refractivity contribution in [2.75, 3.05) is 0 Å². The highest BCUT2D eigenvalue weighted by atomic mass is 16.7. The van der Waals surface area contributed by atoms with Gasteiger partial charge in [0.1, 0.15) is 6.10 Å². The van der Waals surface area contributed by atoms with E-state index in [-0.39, 0.29) is 18.0 Å². The number of nitrogens with two attached hydrogens (primary N) is 2. The minimum Gasteiger partial charge on any atom is -0.368 e. The molecule has 4 N–H and O–H groups in total. The molecule has 108 valence electrons. The molecule has 0 aliphatic carbocycles. The van der Waals surface area contributed by atoms with E-state index < -0.39 is 5.66 Å². The monoisotopic (exact) mass is 275 g/mol. The molecule has 2 rings (SSSR count). The maximum Gasteiger partial charge on any atom is 0.226 e. The fourth-order valence-corrected chi connectivity index (χ4v) is 2.14. The Balaban J connectivity index is 2.22. The zero-order chi connectivity index (χ0) is 14.8. The van der Waals surface area contributed by atoms with Crippen molar-refractivity contribution in [1.82, 2.24) is 5.06 Å². The molecular weight excluding hydrogens is 254 g/mol. The topological polar surface area (TPSA) is 89.2 Å². The van der Waals surface area contributed by atoms with Gasteiger partial charge in [-0.15, -0.1) is 0 Å². The molecular formula is C14H21N5O. The summed E-state index contributed by atoms with van der Waals surface area (Å²) in [6, 6.07) is 9.99. The maximum atomic E-state index is 6.02. The molecule has 0 radical (unpaired) electrons. The first-order valence-corrected chi connectivity index (χ1v) is 6.65. The average molecular weight is 275 g/mol. The second-order valence-electron chi connectivity index (χ2n) is 5.14. The molecule has 1 aromatic rings. The summed E-state index contributed by atoms with van der Waals surface area (Å²) in [7, 11) is 0. The molecule has 1 aromatic carbocycles. The fraction of sp³-hybridized carbons (Fsp3) is 0.429. The van der Waals surface area contributed by atoms with E-state index >= 15 is 0 Å².